The highest BCUT2D eigenvalue weighted by atomic mass is 79.9. The SMILES string of the molecule is CCONC(=O)c1cccc([N+](=O)[O-])c1Br. The average Bonchev–Trinajstić information content (AvgIpc) is 2.25. The summed E-state index contributed by atoms with van der Waals surface area (Å²) in [4.78, 5) is 26.3. The number of hydroxylamine groups is 1. The van der Waals surface area contributed by atoms with Crippen molar-refractivity contribution in [2.24, 2.45) is 0 Å². The van der Waals surface area contributed by atoms with Crippen LogP contribution in [0.3, 0.4) is 0 Å². The standard InChI is InChI=1S/C9H9BrN2O4/c1-2-16-11-9(13)6-4-3-5-7(8(6)10)12(14)15/h3-5H,2H2,1H3,(H,11,13). The first-order valence-electron chi connectivity index (χ1n) is 4.43. The van der Waals surface area contributed by atoms with E-state index in [4.69, 9.17) is 4.84 Å². The Balaban J connectivity index is 3.01. The number of carbonyl (C=O) groups excluding carboxylic acids is 1. The maximum absolute atomic E-state index is 11.5. The number of nitrogens with one attached hydrogen (secondary N) is 1. The molecule has 0 heterocycles. The summed E-state index contributed by atoms with van der Waals surface area (Å²) in [5, 5.41) is 10.6. The summed E-state index contributed by atoms with van der Waals surface area (Å²) >= 11 is 3.02. The highest BCUT2D eigenvalue weighted by Crippen LogP contribution is 2.28. The highest BCUT2D eigenvalue weighted by molar-refractivity contribution is 9.10. The van der Waals surface area contributed by atoms with Crippen LogP contribution in [0.2, 0.25) is 0 Å². The van der Waals surface area contributed by atoms with Gasteiger partial charge in [-0.2, -0.15) is 0 Å². The normalized spacial score (nSPS) is 9.88. The van der Waals surface area contributed by atoms with Gasteiger partial charge in [0.05, 0.1) is 17.1 Å². The zero-order chi connectivity index (χ0) is 12.1. The molecule has 0 aromatic heterocycles. The summed E-state index contributed by atoms with van der Waals surface area (Å²) in [6.45, 7) is 2.03. The van der Waals surface area contributed by atoms with Crippen molar-refractivity contribution in [1.29, 1.82) is 0 Å². The van der Waals surface area contributed by atoms with E-state index in [0.717, 1.165) is 0 Å². The molecule has 0 aliphatic rings. The first kappa shape index (κ1) is 12.6. The molecule has 86 valence electrons. The molecule has 1 N–H and O–H groups in total. The lowest BCUT2D eigenvalue weighted by Crippen LogP contribution is -2.24. The van der Waals surface area contributed by atoms with Gasteiger partial charge in [0.1, 0.15) is 4.47 Å². The molecule has 1 aromatic carbocycles. The van der Waals surface area contributed by atoms with Crippen LogP contribution < -0.4 is 5.48 Å². The van der Waals surface area contributed by atoms with E-state index < -0.39 is 10.8 Å². The van der Waals surface area contributed by atoms with Gasteiger partial charge in [-0.15, -0.1) is 0 Å². The third-order valence-corrected chi connectivity index (χ3v) is 2.56. The fourth-order valence-electron chi connectivity index (χ4n) is 1.03. The van der Waals surface area contributed by atoms with E-state index in [2.05, 4.69) is 21.4 Å². The molecular formula is C9H9BrN2O4. The van der Waals surface area contributed by atoms with E-state index in [1.54, 1.807) is 6.92 Å². The van der Waals surface area contributed by atoms with Crippen molar-refractivity contribution in [3.8, 4) is 0 Å². The van der Waals surface area contributed by atoms with E-state index in [1.165, 1.54) is 18.2 Å². The number of nitrogens with zero attached hydrogens (tertiary/aromatic N) is 1. The van der Waals surface area contributed by atoms with Crippen molar-refractivity contribution in [1.82, 2.24) is 5.48 Å². The number of nitro groups is 1. The fourth-order valence-corrected chi connectivity index (χ4v) is 1.62. The van der Waals surface area contributed by atoms with Gasteiger partial charge in [0, 0.05) is 6.07 Å². The Labute approximate surface area is 99.8 Å². The van der Waals surface area contributed by atoms with E-state index in [-0.39, 0.29) is 15.7 Å². The van der Waals surface area contributed by atoms with Crippen LogP contribution >= 0.6 is 15.9 Å². The third-order valence-electron chi connectivity index (χ3n) is 1.73. The molecule has 0 unspecified atom stereocenters. The summed E-state index contributed by atoms with van der Waals surface area (Å²) < 4.78 is 0.136. The molecule has 0 fully saturated rings. The first-order chi connectivity index (χ1) is 7.57. The lowest BCUT2D eigenvalue weighted by molar-refractivity contribution is -0.385. The van der Waals surface area contributed by atoms with Gasteiger partial charge in [-0.1, -0.05) is 6.07 Å². The lowest BCUT2D eigenvalue weighted by Gasteiger charge is -2.05. The summed E-state index contributed by atoms with van der Waals surface area (Å²) in [5.41, 5.74) is 2.16. The number of hydrogen-bond donors (Lipinski definition) is 1. The molecule has 16 heavy (non-hydrogen) atoms. The molecule has 6 nitrogen and oxygen atoms in total. The maximum atomic E-state index is 11.5. The Morgan fingerprint density at radius 3 is 2.88 bits per heavy atom. The van der Waals surface area contributed by atoms with Crippen molar-refractivity contribution in [3.63, 3.8) is 0 Å². The molecule has 1 rings (SSSR count). The fraction of sp³-hybridized carbons (Fsp3) is 0.222. The van der Waals surface area contributed by atoms with Crippen molar-refractivity contribution in [2.75, 3.05) is 6.61 Å². The van der Waals surface area contributed by atoms with Crippen LogP contribution in [-0.2, 0) is 4.84 Å². The monoisotopic (exact) mass is 288 g/mol. The Morgan fingerprint density at radius 1 is 1.62 bits per heavy atom. The van der Waals surface area contributed by atoms with Gasteiger partial charge < -0.3 is 0 Å². The average molecular weight is 289 g/mol. The molecule has 1 aromatic rings. The second kappa shape index (κ2) is 5.57. The van der Waals surface area contributed by atoms with Crippen molar-refractivity contribution in [3.05, 3.63) is 38.3 Å². The molecule has 0 saturated carbocycles. The van der Waals surface area contributed by atoms with Gasteiger partial charge in [0.2, 0.25) is 0 Å². The van der Waals surface area contributed by atoms with Gasteiger partial charge in [0.15, 0.2) is 0 Å². The largest absolute Gasteiger partial charge is 0.284 e. The van der Waals surface area contributed by atoms with Gasteiger partial charge >= 0.3 is 0 Å². The minimum absolute atomic E-state index is 0.136. The summed E-state index contributed by atoms with van der Waals surface area (Å²) in [6.07, 6.45) is 0. The molecule has 1 amide bonds. The molecule has 0 bridgehead atoms. The van der Waals surface area contributed by atoms with Crippen LogP contribution in [0.5, 0.6) is 0 Å². The second-order valence-electron chi connectivity index (χ2n) is 2.76. The smallest absolute Gasteiger partial charge is 0.274 e. The van der Waals surface area contributed by atoms with Crippen molar-refractivity contribution < 1.29 is 14.6 Å². The zero-order valence-corrected chi connectivity index (χ0v) is 9.98. The molecule has 0 saturated heterocycles. The summed E-state index contributed by atoms with van der Waals surface area (Å²) in [5.74, 6) is -0.530. The van der Waals surface area contributed by atoms with Crippen molar-refractivity contribution >= 4 is 27.5 Å². The predicted octanol–water partition coefficient (Wildman–Crippen LogP) is 2.04. The molecule has 7 heteroatoms. The number of amides is 1. The van der Waals surface area contributed by atoms with Crippen LogP contribution in [0.4, 0.5) is 5.69 Å². The van der Waals surface area contributed by atoms with Crippen LogP contribution in [0.25, 0.3) is 0 Å². The predicted molar refractivity (Wildman–Crippen MR) is 59.9 cm³/mol. The summed E-state index contributed by atoms with van der Waals surface area (Å²) in [6, 6.07) is 4.21. The zero-order valence-electron chi connectivity index (χ0n) is 8.40. The molecule has 0 radical (unpaired) electrons. The second-order valence-corrected chi connectivity index (χ2v) is 3.55. The molecule has 0 spiro atoms. The Hall–Kier alpha value is -1.47. The van der Waals surface area contributed by atoms with Crippen molar-refractivity contribution in [2.45, 2.75) is 6.92 Å². The maximum Gasteiger partial charge on any atom is 0.284 e. The highest BCUT2D eigenvalue weighted by Gasteiger charge is 2.19. The quantitative estimate of drug-likeness (QED) is 0.679. The number of rotatable bonds is 4. The third kappa shape index (κ3) is 2.77. The minimum Gasteiger partial charge on any atom is -0.274 e. The van der Waals surface area contributed by atoms with E-state index in [0.29, 0.717) is 6.61 Å². The van der Waals surface area contributed by atoms with E-state index in [1.807, 2.05) is 0 Å². The minimum atomic E-state index is -0.568. The number of benzene rings is 1. The molecular weight excluding hydrogens is 280 g/mol. The Morgan fingerprint density at radius 2 is 2.31 bits per heavy atom. The number of nitro benzene ring substituents is 1. The van der Waals surface area contributed by atoms with Crippen LogP contribution in [0.15, 0.2) is 22.7 Å². The number of halogens is 1. The van der Waals surface area contributed by atoms with Gasteiger partial charge in [0.25, 0.3) is 11.6 Å². The Bertz CT molecular complexity index is 422. The number of hydrogen-bond acceptors (Lipinski definition) is 4. The van der Waals surface area contributed by atoms with Gasteiger partial charge in [-0.3, -0.25) is 19.7 Å². The first-order valence-corrected chi connectivity index (χ1v) is 5.22. The lowest BCUT2D eigenvalue weighted by atomic mass is 10.2. The van der Waals surface area contributed by atoms with E-state index in [9.17, 15) is 14.9 Å². The van der Waals surface area contributed by atoms with Crippen LogP contribution in [0.1, 0.15) is 17.3 Å². The van der Waals surface area contributed by atoms with Gasteiger partial charge in [-0.25, -0.2) is 5.48 Å². The molecule has 0 atom stereocenters. The summed E-state index contributed by atoms with van der Waals surface area (Å²) in [7, 11) is 0. The van der Waals surface area contributed by atoms with Gasteiger partial charge in [-0.05, 0) is 28.9 Å². The molecule has 0 aliphatic carbocycles. The molecule has 0 aliphatic heterocycles. The van der Waals surface area contributed by atoms with E-state index >= 15 is 0 Å². The number of carbonyl (C=O) groups is 1. The van der Waals surface area contributed by atoms with Crippen LogP contribution in [0, 0.1) is 10.1 Å². The van der Waals surface area contributed by atoms with Crippen LogP contribution in [-0.4, -0.2) is 17.4 Å². The Kier molecular flexibility index (Phi) is 4.39. The topological polar surface area (TPSA) is 81.5 Å².